The molecule has 4 rings (SSSR count). The van der Waals surface area contributed by atoms with Crippen molar-refractivity contribution >= 4 is 28.9 Å². The second-order valence-corrected chi connectivity index (χ2v) is 8.39. The highest BCUT2D eigenvalue weighted by molar-refractivity contribution is 7.09. The van der Waals surface area contributed by atoms with Gasteiger partial charge in [0.25, 0.3) is 5.91 Å². The summed E-state index contributed by atoms with van der Waals surface area (Å²) in [6.07, 6.45) is 0.827. The third-order valence-electron chi connectivity index (χ3n) is 5.18. The number of methoxy groups -OCH3 is 1. The van der Waals surface area contributed by atoms with Gasteiger partial charge < -0.3 is 19.1 Å². The second kappa shape index (κ2) is 9.82. The quantitative estimate of drug-likeness (QED) is 0.480. The maximum absolute atomic E-state index is 12.6. The Morgan fingerprint density at radius 2 is 1.91 bits per heavy atom. The van der Waals surface area contributed by atoms with Gasteiger partial charge in [0.15, 0.2) is 6.61 Å². The summed E-state index contributed by atoms with van der Waals surface area (Å²) < 4.78 is 15.8. The van der Waals surface area contributed by atoms with Gasteiger partial charge >= 0.3 is 5.97 Å². The lowest BCUT2D eigenvalue weighted by atomic mass is 10.1. The van der Waals surface area contributed by atoms with E-state index in [9.17, 15) is 9.59 Å². The summed E-state index contributed by atoms with van der Waals surface area (Å²) >= 11 is 1.61. The first kappa shape index (κ1) is 21.8. The molecule has 0 N–H and O–H groups in total. The third-order valence-corrected chi connectivity index (χ3v) is 5.96. The summed E-state index contributed by atoms with van der Waals surface area (Å²) in [7, 11) is 1.59. The zero-order chi connectivity index (χ0) is 22.5. The first-order valence-corrected chi connectivity index (χ1v) is 11.2. The molecule has 2 aromatic carbocycles. The molecular weight excluding hydrogens is 428 g/mol. The highest BCUT2D eigenvalue weighted by Crippen LogP contribution is 2.32. The van der Waals surface area contributed by atoms with Gasteiger partial charge in [-0.2, -0.15) is 0 Å². The Kier molecular flexibility index (Phi) is 6.70. The number of rotatable bonds is 8. The van der Waals surface area contributed by atoms with Crippen LogP contribution >= 0.6 is 11.3 Å². The number of thiazole rings is 1. The number of fused-ring (bicyclic) bond motifs is 1. The Morgan fingerprint density at radius 1 is 1.12 bits per heavy atom. The van der Waals surface area contributed by atoms with E-state index in [0.717, 1.165) is 39.7 Å². The van der Waals surface area contributed by atoms with Crippen LogP contribution in [0.25, 0.3) is 11.3 Å². The summed E-state index contributed by atoms with van der Waals surface area (Å²) in [6, 6.07) is 13.1. The molecule has 0 fully saturated rings. The smallest absolute Gasteiger partial charge is 0.309 e. The van der Waals surface area contributed by atoms with Crippen molar-refractivity contribution in [2.24, 2.45) is 0 Å². The van der Waals surface area contributed by atoms with Crippen LogP contribution in [0.5, 0.6) is 11.5 Å². The number of carbonyl (C=O) groups excluding carboxylic acids is 2. The van der Waals surface area contributed by atoms with E-state index in [0.29, 0.717) is 12.3 Å². The van der Waals surface area contributed by atoms with E-state index in [4.69, 9.17) is 14.2 Å². The maximum atomic E-state index is 12.6. The van der Waals surface area contributed by atoms with Crippen molar-refractivity contribution in [2.75, 3.05) is 31.8 Å². The number of hydrogen-bond donors (Lipinski definition) is 0. The molecule has 1 aromatic heterocycles. The van der Waals surface area contributed by atoms with Gasteiger partial charge in [-0.05, 0) is 55.3 Å². The Morgan fingerprint density at radius 3 is 2.62 bits per heavy atom. The Labute approximate surface area is 190 Å². The van der Waals surface area contributed by atoms with Gasteiger partial charge in [0.2, 0.25) is 0 Å². The van der Waals surface area contributed by atoms with Crippen LogP contribution in [0, 0.1) is 6.92 Å². The third kappa shape index (κ3) is 5.08. The molecule has 0 aliphatic carbocycles. The number of anilines is 1. The van der Waals surface area contributed by atoms with Crippen LogP contribution in [0.4, 0.5) is 5.69 Å². The van der Waals surface area contributed by atoms with E-state index < -0.39 is 5.97 Å². The molecule has 8 heteroatoms. The number of aryl methyl sites for hydroxylation is 1. The highest BCUT2D eigenvalue weighted by atomic mass is 32.1. The Balaban J connectivity index is 1.25. The van der Waals surface area contributed by atoms with Crippen molar-refractivity contribution in [3.05, 3.63) is 58.4 Å². The molecule has 0 bridgehead atoms. The Hall–Kier alpha value is -3.39. The molecule has 0 spiro atoms. The van der Waals surface area contributed by atoms with Gasteiger partial charge in [0, 0.05) is 23.2 Å². The molecule has 166 valence electrons. The van der Waals surface area contributed by atoms with Crippen LogP contribution in [-0.4, -0.2) is 43.7 Å². The van der Waals surface area contributed by atoms with Crippen molar-refractivity contribution < 1.29 is 23.8 Å². The molecule has 0 atom stereocenters. The van der Waals surface area contributed by atoms with E-state index in [1.54, 1.807) is 47.6 Å². The summed E-state index contributed by atoms with van der Waals surface area (Å²) in [5.41, 5.74) is 3.96. The lowest BCUT2D eigenvalue weighted by molar-refractivity contribution is -0.148. The normalized spacial score (nSPS) is 12.4. The van der Waals surface area contributed by atoms with Crippen molar-refractivity contribution in [1.82, 2.24) is 4.98 Å². The molecular formula is C24H24N2O5S. The molecule has 3 aromatic rings. The fourth-order valence-corrected chi connectivity index (χ4v) is 4.15. The summed E-state index contributed by atoms with van der Waals surface area (Å²) in [5.74, 6) is 0.662. The number of nitrogens with zero attached hydrogens (tertiary/aromatic N) is 2. The number of benzene rings is 2. The lowest BCUT2D eigenvalue weighted by Crippen LogP contribution is -2.33. The number of hydrogen-bond acceptors (Lipinski definition) is 7. The van der Waals surface area contributed by atoms with E-state index in [1.165, 1.54) is 0 Å². The predicted molar refractivity (Wildman–Crippen MR) is 122 cm³/mol. The predicted octanol–water partition coefficient (Wildman–Crippen LogP) is 4.03. The van der Waals surface area contributed by atoms with E-state index in [2.05, 4.69) is 11.1 Å². The minimum Gasteiger partial charge on any atom is -0.497 e. The lowest BCUT2D eigenvalue weighted by Gasteiger charge is -2.17. The molecule has 1 aliphatic rings. The summed E-state index contributed by atoms with van der Waals surface area (Å²) in [6.45, 7) is 2.44. The minimum atomic E-state index is -0.472. The van der Waals surface area contributed by atoms with Gasteiger partial charge in [-0.1, -0.05) is 6.07 Å². The number of ether oxygens (including phenoxy) is 3. The first-order chi connectivity index (χ1) is 15.5. The maximum Gasteiger partial charge on any atom is 0.309 e. The van der Waals surface area contributed by atoms with E-state index >= 15 is 0 Å². The second-order valence-electron chi connectivity index (χ2n) is 7.33. The van der Waals surface area contributed by atoms with Crippen LogP contribution < -0.4 is 14.4 Å². The van der Waals surface area contributed by atoms with Crippen LogP contribution in [0.1, 0.15) is 17.0 Å². The molecule has 1 amide bonds. The van der Waals surface area contributed by atoms with Crippen molar-refractivity contribution in [3.63, 3.8) is 0 Å². The number of esters is 1. The zero-order valence-electron chi connectivity index (χ0n) is 18.0. The van der Waals surface area contributed by atoms with Gasteiger partial charge in [0.1, 0.15) is 11.5 Å². The molecule has 0 saturated carbocycles. The number of carbonyl (C=O) groups is 2. The van der Waals surface area contributed by atoms with Crippen molar-refractivity contribution in [3.8, 4) is 22.8 Å². The molecule has 2 heterocycles. The van der Waals surface area contributed by atoms with Gasteiger partial charge in [-0.25, -0.2) is 4.98 Å². The molecule has 0 unspecified atom stereocenters. The Bertz CT molecular complexity index is 1110. The van der Waals surface area contributed by atoms with E-state index in [1.807, 2.05) is 24.4 Å². The van der Waals surface area contributed by atoms with Gasteiger partial charge in [-0.3, -0.25) is 9.59 Å². The average molecular weight is 453 g/mol. The zero-order valence-corrected chi connectivity index (χ0v) is 18.8. The van der Waals surface area contributed by atoms with Crippen LogP contribution in [0.3, 0.4) is 0 Å². The molecule has 1 aliphatic heterocycles. The fraction of sp³-hybridized carbons (Fsp3) is 0.292. The monoisotopic (exact) mass is 452 g/mol. The molecule has 7 nitrogen and oxygen atoms in total. The summed E-state index contributed by atoms with van der Waals surface area (Å²) in [5, 5.41) is 3.06. The SMILES string of the molecule is COc1ccc(OCCC(=O)OCC(=O)N2CCc3cc(-c4csc(C)n4)ccc32)cc1. The fourth-order valence-electron chi connectivity index (χ4n) is 3.53. The summed E-state index contributed by atoms with van der Waals surface area (Å²) in [4.78, 5) is 30.8. The molecule has 0 radical (unpaired) electrons. The number of aromatic nitrogens is 1. The standard InChI is InChI=1S/C24H24N2O5S/c1-16-25-21(15-32-16)17-3-8-22-18(13-17)9-11-26(22)23(27)14-31-24(28)10-12-30-20-6-4-19(29-2)5-7-20/h3-8,13,15H,9-12,14H2,1-2H3. The van der Waals surface area contributed by atoms with E-state index in [-0.39, 0.29) is 25.5 Å². The first-order valence-electron chi connectivity index (χ1n) is 10.3. The highest BCUT2D eigenvalue weighted by Gasteiger charge is 2.26. The van der Waals surface area contributed by atoms with Gasteiger partial charge in [-0.15, -0.1) is 11.3 Å². The molecule has 32 heavy (non-hydrogen) atoms. The topological polar surface area (TPSA) is 78.0 Å². The average Bonchev–Trinajstić information content (AvgIpc) is 3.43. The van der Waals surface area contributed by atoms with Crippen molar-refractivity contribution in [1.29, 1.82) is 0 Å². The molecule has 0 saturated heterocycles. The number of amides is 1. The van der Waals surface area contributed by atoms with Crippen LogP contribution in [-0.2, 0) is 20.7 Å². The van der Waals surface area contributed by atoms with Crippen LogP contribution in [0.15, 0.2) is 47.8 Å². The van der Waals surface area contributed by atoms with Crippen molar-refractivity contribution in [2.45, 2.75) is 19.8 Å². The van der Waals surface area contributed by atoms with Crippen LogP contribution in [0.2, 0.25) is 0 Å². The largest absolute Gasteiger partial charge is 0.497 e. The van der Waals surface area contributed by atoms with Gasteiger partial charge in [0.05, 0.1) is 30.8 Å². The minimum absolute atomic E-state index is 0.0618.